The molecule has 4 saturated carbocycles. The van der Waals surface area contributed by atoms with Gasteiger partial charge in [-0.1, -0.05) is 25.4 Å². The van der Waals surface area contributed by atoms with Crippen molar-refractivity contribution in [1.29, 1.82) is 0 Å². The van der Waals surface area contributed by atoms with Gasteiger partial charge < -0.3 is 25.8 Å². The van der Waals surface area contributed by atoms with Crippen LogP contribution in [0.15, 0.2) is 10.6 Å². The minimum absolute atomic E-state index is 0.0809. The van der Waals surface area contributed by atoms with Crippen LogP contribution in [0.25, 0.3) is 0 Å². The van der Waals surface area contributed by atoms with Gasteiger partial charge in [0.1, 0.15) is 6.04 Å². The van der Waals surface area contributed by atoms with E-state index in [9.17, 15) is 9.90 Å². The lowest BCUT2D eigenvalue weighted by molar-refractivity contribution is -0.147. The van der Waals surface area contributed by atoms with Crippen LogP contribution in [0.4, 0.5) is 0 Å². The number of aromatic nitrogens is 1. The van der Waals surface area contributed by atoms with Crippen LogP contribution in [0, 0.1) is 34.5 Å². The van der Waals surface area contributed by atoms with Crippen molar-refractivity contribution in [3.05, 3.63) is 17.5 Å². The fourth-order valence-corrected chi connectivity index (χ4v) is 9.35. The summed E-state index contributed by atoms with van der Waals surface area (Å²) in [6.45, 7) is 7.78. The quantitative estimate of drug-likeness (QED) is 0.327. The molecule has 0 amide bonds. The number of esters is 1. The molecule has 1 heterocycles. The summed E-state index contributed by atoms with van der Waals surface area (Å²) < 4.78 is 11.1. The summed E-state index contributed by atoms with van der Waals surface area (Å²) in [5.74, 6) is 3.54. The monoisotopic (exact) mass is 515 g/mol. The average molecular weight is 516 g/mol. The third-order valence-electron chi connectivity index (χ3n) is 11.5. The Morgan fingerprint density at radius 3 is 2.68 bits per heavy atom. The van der Waals surface area contributed by atoms with Crippen molar-refractivity contribution < 1.29 is 19.2 Å². The van der Waals surface area contributed by atoms with E-state index in [1.54, 1.807) is 0 Å². The lowest BCUT2D eigenvalue weighted by Crippen LogP contribution is -2.55. The van der Waals surface area contributed by atoms with Crippen molar-refractivity contribution in [2.75, 3.05) is 6.54 Å². The van der Waals surface area contributed by atoms with Crippen molar-refractivity contribution in [3.63, 3.8) is 0 Å². The molecule has 2 unspecified atom stereocenters. The van der Waals surface area contributed by atoms with Gasteiger partial charge in [0.25, 0.3) is 0 Å². The molecule has 0 aliphatic heterocycles. The first-order valence-electron chi connectivity index (χ1n) is 14.9. The number of ether oxygens (including phenoxy) is 1. The molecule has 208 valence electrons. The van der Waals surface area contributed by atoms with Gasteiger partial charge in [0, 0.05) is 12.0 Å². The summed E-state index contributed by atoms with van der Waals surface area (Å²) in [7, 11) is 0. The minimum atomic E-state index is -0.620. The Morgan fingerprint density at radius 2 is 1.89 bits per heavy atom. The molecule has 7 heteroatoms. The molecule has 0 saturated heterocycles. The number of fused-ring (bicyclic) bond motifs is 5. The molecular weight excluding hydrogens is 466 g/mol. The second-order valence-electron chi connectivity index (χ2n) is 13.7. The Kier molecular flexibility index (Phi) is 7.53. The van der Waals surface area contributed by atoms with Crippen molar-refractivity contribution >= 4 is 5.97 Å². The summed E-state index contributed by atoms with van der Waals surface area (Å²) in [5, 5.41) is 15.2. The van der Waals surface area contributed by atoms with Gasteiger partial charge in [0.2, 0.25) is 0 Å². The molecule has 5 rings (SSSR count). The van der Waals surface area contributed by atoms with Crippen LogP contribution >= 0.6 is 0 Å². The smallest absolute Gasteiger partial charge is 0.323 e. The van der Waals surface area contributed by atoms with E-state index in [4.69, 9.17) is 20.7 Å². The van der Waals surface area contributed by atoms with E-state index < -0.39 is 17.6 Å². The number of hydrogen-bond donors (Lipinski definition) is 3. The number of unbranched alkanes of at least 4 members (excludes halogenated alkanes) is 1. The summed E-state index contributed by atoms with van der Waals surface area (Å²) in [6.07, 6.45) is 12.8. The van der Waals surface area contributed by atoms with E-state index in [1.165, 1.54) is 38.5 Å². The topological polar surface area (TPSA) is 125 Å². The van der Waals surface area contributed by atoms with Gasteiger partial charge in [-0.2, -0.15) is 0 Å². The van der Waals surface area contributed by atoms with Crippen molar-refractivity contribution in [2.45, 2.75) is 122 Å². The number of aliphatic hydroxyl groups is 1. The van der Waals surface area contributed by atoms with E-state index in [0.29, 0.717) is 36.0 Å². The van der Waals surface area contributed by atoms with Crippen molar-refractivity contribution in [3.8, 4) is 0 Å². The van der Waals surface area contributed by atoms with Crippen LogP contribution in [0.2, 0.25) is 0 Å². The molecule has 4 fully saturated rings. The van der Waals surface area contributed by atoms with Crippen LogP contribution in [0.5, 0.6) is 0 Å². The highest BCUT2D eigenvalue weighted by molar-refractivity contribution is 5.75. The highest BCUT2D eigenvalue weighted by Crippen LogP contribution is 2.69. The third-order valence-corrected chi connectivity index (χ3v) is 11.5. The molecule has 37 heavy (non-hydrogen) atoms. The fraction of sp³-hybridized carbons (Fsp3) is 0.867. The van der Waals surface area contributed by atoms with E-state index in [2.05, 4.69) is 19.0 Å². The van der Waals surface area contributed by atoms with E-state index in [1.807, 2.05) is 13.0 Å². The molecule has 4 aliphatic rings. The molecular formula is C30H49N3O4. The molecule has 1 aromatic rings. The summed E-state index contributed by atoms with van der Waals surface area (Å²) in [4.78, 5) is 12.3. The zero-order valence-electron chi connectivity index (χ0n) is 23.2. The zero-order valence-corrected chi connectivity index (χ0v) is 23.2. The summed E-state index contributed by atoms with van der Waals surface area (Å²) in [6, 6.07) is 1.39. The van der Waals surface area contributed by atoms with Gasteiger partial charge in [-0.3, -0.25) is 4.79 Å². The van der Waals surface area contributed by atoms with Crippen LogP contribution in [-0.2, 0) is 16.1 Å². The average Bonchev–Trinajstić information content (AvgIpc) is 3.46. The third kappa shape index (κ3) is 5.00. The van der Waals surface area contributed by atoms with Crippen molar-refractivity contribution in [2.24, 2.45) is 46.0 Å². The lowest BCUT2D eigenvalue weighted by atomic mass is 9.44. The first-order valence-corrected chi connectivity index (χ1v) is 14.9. The van der Waals surface area contributed by atoms with Gasteiger partial charge in [-0.05, 0) is 119 Å². The van der Waals surface area contributed by atoms with Gasteiger partial charge in [0.05, 0.1) is 11.3 Å². The summed E-state index contributed by atoms with van der Waals surface area (Å²) in [5.41, 5.74) is 12.6. The molecule has 0 spiro atoms. The number of carbonyl (C=O) groups excluding carboxylic acids is 1. The van der Waals surface area contributed by atoms with Gasteiger partial charge in [-0.25, -0.2) is 0 Å². The highest BCUT2D eigenvalue weighted by atomic mass is 16.6. The van der Waals surface area contributed by atoms with Gasteiger partial charge in [0.15, 0.2) is 12.4 Å². The van der Waals surface area contributed by atoms with Crippen molar-refractivity contribution in [1.82, 2.24) is 5.16 Å². The lowest BCUT2D eigenvalue weighted by Gasteiger charge is -2.61. The maximum atomic E-state index is 12.3. The van der Waals surface area contributed by atoms with E-state index in [0.717, 1.165) is 55.6 Å². The molecule has 0 aromatic carbocycles. The Labute approximate surface area is 222 Å². The second kappa shape index (κ2) is 10.3. The second-order valence-corrected chi connectivity index (χ2v) is 13.7. The van der Waals surface area contributed by atoms with Crippen LogP contribution in [-0.4, -0.2) is 34.4 Å². The first-order chi connectivity index (χ1) is 17.6. The molecule has 7 nitrogen and oxygen atoms in total. The fourth-order valence-electron chi connectivity index (χ4n) is 9.35. The number of hydrogen-bond acceptors (Lipinski definition) is 7. The van der Waals surface area contributed by atoms with Crippen LogP contribution < -0.4 is 11.5 Å². The standard InChI is InChI=1S/C30H49N3O4/c1-28(35)13-14-29(2)19(17-28)7-8-21-22-9-10-24(30(22,3)12-11-23(21)29)26-16-20(37-33-26)18-36-27(34)25(32)6-4-5-15-31/h16,19,21-25,35H,4-15,17-18,31-32H2,1-3H3/t19?,21-,22-,23?,24+,25-,28+,29-,30-/m0/s1. The first kappa shape index (κ1) is 27.1. The Balaban J connectivity index is 1.22. The number of nitrogens with zero attached hydrogens (tertiary/aromatic N) is 1. The molecule has 0 radical (unpaired) electrons. The van der Waals surface area contributed by atoms with Crippen LogP contribution in [0.3, 0.4) is 0 Å². The molecule has 1 aromatic heterocycles. The Hall–Kier alpha value is -1.44. The Morgan fingerprint density at radius 1 is 1.11 bits per heavy atom. The normalized spacial score (nSPS) is 41.9. The molecule has 9 atom stereocenters. The largest absolute Gasteiger partial charge is 0.456 e. The number of rotatable bonds is 8. The van der Waals surface area contributed by atoms with E-state index >= 15 is 0 Å². The van der Waals surface area contributed by atoms with E-state index in [-0.39, 0.29) is 12.0 Å². The minimum Gasteiger partial charge on any atom is -0.456 e. The Bertz CT molecular complexity index is 962. The maximum Gasteiger partial charge on any atom is 0.323 e. The zero-order chi connectivity index (χ0) is 26.4. The molecule has 5 N–H and O–H groups in total. The molecule has 4 aliphatic carbocycles. The predicted molar refractivity (Wildman–Crippen MR) is 142 cm³/mol. The maximum absolute atomic E-state index is 12.3. The highest BCUT2D eigenvalue weighted by Gasteiger charge is 2.61. The SMILES string of the molecule is C[C@@]1(O)CC[C@@]2(C)C(CC[C@@H]3C2CC[C@]2(C)[C@@H](c4cc(COC(=O)[C@@H](N)CCCCN)on4)CC[C@@H]32)C1. The van der Waals surface area contributed by atoms with Gasteiger partial charge in [-0.15, -0.1) is 0 Å². The predicted octanol–water partition coefficient (Wildman–Crippen LogP) is 5.05. The van der Waals surface area contributed by atoms with Crippen LogP contribution in [0.1, 0.15) is 115 Å². The number of nitrogens with two attached hydrogens (primary N) is 2. The van der Waals surface area contributed by atoms with Gasteiger partial charge >= 0.3 is 5.97 Å². The molecule has 0 bridgehead atoms. The summed E-state index contributed by atoms with van der Waals surface area (Å²) >= 11 is 0. The number of carbonyl (C=O) groups is 1.